The molecular weight excluding hydrogens is 281 g/mol. The first-order valence-corrected chi connectivity index (χ1v) is 7.81. The number of carbonyl (C=O) groups excluding carboxylic acids is 1. The molecule has 1 aliphatic carbocycles. The maximum atomic E-state index is 13.3. The molecule has 0 spiro atoms. The number of pyridine rings is 1. The van der Waals surface area contributed by atoms with Gasteiger partial charge < -0.3 is 10.3 Å². The molecule has 2 N–H and O–H groups in total. The third kappa shape index (κ3) is 2.98. The van der Waals surface area contributed by atoms with Gasteiger partial charge in [-0.3, -0.25) is 4.79 Å². The second-order valence-electron chi connectivity index (χ2n) is 7.09. The average molecular weight is 303 g/mol. The second kappa shape index (κ2) is 5.38. The third-order valence-corrected chi connectivity index (χ3v) is 4.68. The van der Waals surface area contributed by atoms with Crippen molar-refractivity contribution in [1.82, 2.24) is 15.3 Å². The zero-order valence-electron chi connectivity index (χ0n) is 13.3. The quantitative estimate of drug-likeness (QED) is 0.831. The van der Waals surface area contributed by atoms with E-state index in [4.69, 9.17) is 0 Å². The van der Waals surface area contributed by atoms with E-state index in [0.717, 1.165) is 31.2 Å². The fourth-order valence-corrected chi connectivity index (χ4v) is 3.19. The van der Waals surface area contributed by atoms with E-state index in [0.29, 0.717) is 22.2 Å². The molecule has 4 nitrogen and oxygen atoms in total. The number of hydrogen-bond donors (Lipinski definition) is 2. The minimum atomic E-state index is -0.523. The highest BCUT2D eigenvalue weighted by Gasteiger charge is 2.28. The number of halogens is 1. The van der Waals surface area contributed by atoms with Gasteiger partial charge in [0.1, 0.15) is 5.69 Å². The van der Waals surface area contributed by atoms with Crippen molar-refractivity contribution in [2.24, 2.45) is 5.41 Å². The summed E-state index contributed by atoms with van der Waals surface area (Å²) in [5, 5.41) is 3.76. The van der Waals surface area contributed by atoms with Crippen molar-refractivity contribution in [2.45, 2.75) is 52.5 Å². The first-order valence-electron chi connectivity index (χ1n) is 7.81. The van der Waals surface area contributed by atoms with Crippen LogP contribution in [-0.2, 0) is 0 Å². The topological polar surface area (TPSA) is 57.8 Å². The molecule has 0 saturated heterocycles. The number of aromatic nitrogens is 2. The van der Waals surface area contributed by atoms with Crippen molar-refractivity contribution in [2.75, 3.05) is 0 Å². The molecule has 118 valence electrons. The van der Waals surface area contributed by atoms with Crippen LogP contribution in [0.4, 0.5) is 4.39 Å². The van der Waals surface area contributed by atoms with E-state index < -0.39 is 5.95 Å². The molecule has 0 unspecified atom stereocenters. The Kier molecular flexibility index (Phi) is 3.67. The summed E-state index contributed by atoms with van der Waals surface area (Å²) in [6.07, 6.45) is 4.26. The number of fused-ring (bicyclic) bond motifs is 1. The molecule has 22 heavy (non-hydrogen) atoms. The Hall–Kier alpha value is -1.91. The summed E-state index contributed by atoms with van der Waals surface area (Å²) in [4.78, 5) is 19.2. The molecule has 0 aliphatic heterocycles. The van der Waals surface area contributed by atoms with Crippen LogP contribution in [0.5, 0.6) is 0 Å². The van der Waals surface area contributed by atoms with Gasteiger partial charge in [-0.05, 0) is 44.1 Å². The third-order valence-electron chi connectivity index (χ3n) is 4.68. The van der Waals surface area contributed by atoms with E-state index in [1.54, 1.807) is 13.0 Å². The van der Waals surface area contributed by atoms with Crippen LogP contribution in [0, 0.1) is 18.3 Å². The van der Waals surface area contributed by atoms with Crippen molar-refractivity contribution in [3.05, 3.63) is 29.5 Å². The first-order chi connectivity index (χ1) is 10.3. The van der Waals surface area contributed by atoms with Gasteiger partial charge >= 0.3 is 0 Å². The Bertz CT molecular complexity index is 710. The minimum Gasteiger partial charge on any atom is -0.349 e. The van der Waals surface area contributed by atoms with E-state index in [2.05, 4.69) is 29.1 Å². The molecule has 2 aromatic heterocycles. The number of aryl methyl sites for hydroxylation is 1. The number of carbonyl (C=O) groups is 1. The Balaban J connectivity index is 1.74. The lowest BCUT2D eigenvalue weighted by molar-refractivity contribution is 0.0905. The number of aromatic amines is 1. The first kappa shape index (κ1) is 15.0. The van der Waals surface area contributed by atoms with Crippen molar-refractivity contribution in [1.29, 1.82) is 0 Å². The maximum absolute atomic E-state index is 13.3. The summed E-state index contributed by atoms with van der Waals surface area (Å²) in [6.45, 7) is 6.27. The largest absolute Gasteiger partial charge is 0.349 e. The standard InChI is InChI=1S/C17H22FN3O/c1-10-15-11(9-14(18)19-10)8-13(21-15)16(22)20-12-4-6-17(2,3)7-5-12/h8-9,12,21H,4-7H2,1-3H3,(H,20,22). The highest BCUT2D eigenvalue weighted by Crippen LogP contribution is 2.35. The zero-order valence-corrected chi connectivity index (χ0v) is 13.3. The van der Waals surface area contributed by atoms with Crippen LogP contribution in [0.25, 0.3) is 10.9 Å². The number of nitrogens with one attached hydrogen (secondary N) is 2. The second-order valence-corrected chi connectivity index (χ2v) is 7.09. The van der Waals surface area contributed by atoms with Gasteiger partial charge in [0.05, 0.1) is 11.2 Å². The van der Waals surface area contributed by atoms with Gasteiger partial charge in [-0.25, -0.2) is 4.98 Å². The van der Waals surface area contributed by atoms with Crippen molar-refractivity contribution < 1.29 is 9.18 Å². The highest BCUT2D eigenvalue weighted by atomic mass is 19.1. The summed E-state index contributed by atoms with van der Waals surface area (Å²) in [5.41, 5.74) is 2.13. The van der Waals surface area contributed by atoms with Gasteiger partial charge in [-0.1, -0.05) is 13.8 Å². The molecule has 1 aliphatic rings. The van der Waals surface area contributed by atoms with Gasteiger partial charge in [-0.2, -0.15) is 4.39 Å². The Morgan fingerprint density at radius 2 is 2.05 bits per heavy atom. The van der Waals surface area contributed by atoms with Crippen molar-refractivity contribution in [3.8, 4) is 0 Å². The predicted molar refractivity (Wildman–Crippen MR) is 84.3 cm³/mol. The van der Waals surface area contributed by atoms with E-state index >= 15 is 0 Å². The van der Waals surface area contributed by atoms with Gasteiger partial charge in [0, 0.05) is 17.5 Å². The van der Waals surface area contributed by atoms with Crippen molar-refractivity contribution >= 4 is 16.8 Å². The normalized spacial score (nSPS) is 18.5. The fourth-order valence-electron chi connectivity index (χ4n) is 3.19. The number of hydrogen-bond acceptors (Lipinski definition) is 2. The van der Waals surface area contributed by atoms with Crippen LogP contribution in [0.15, 0.2) is 12.1 Å². The van der Waals surface area contributed by atoms with Crippen LogP contribution in [-0.4, -0.2) is 21.9 Å². The van der Waals surface area contributed by atoms with Crippen LogP contribution < -0.4 is 5.32 Å². The molecule has 0 aromatic carbocycles. The van der Waals surface area contributed by atoms with Crippen molar-refractivity contribution in [3.63, 3.8) is 0 Å². The number of rotatable bonds is 2. The van der Waals surface area contributed by atoms with E-state index in [-0.39, 0.29) is 11.9 Å². The Labute approximate surface area is 129 Å². The lowest BCUT2D eigenvalue weighted by atomic mass is 9.75. The van der Waals surface area contributed by atoms with Gasteiger partial charge in [0.15, 0.2) is 0 Å². The zero-order chi connectivity index (χ0) is 15.9. The summed E-state index contributed by atoms with van der Waals surface area (Å²) in [7, 11) is 0. The lowest BCUT2D eigenvalue weighted by Crippen LogP contribution is -2.39. The number of amides is 1. The molecule has 1 saturated carbocycles. The van der Waals surface area contributed by atoms with Gasteiger partial charge in [0.2, 0.25) is 5.95 Å². The number of nitrogens with zero attached hydrogens (tertiary/aromatic N) is 1. The smallest absolute Gasteiger partial charge is 0.267 e. The summed E-state index contributed by atoms with van der Waals surface area (Å²) < 4.78 is 13.3. The molecule has 0 atom stereocenters. The Morgan fingerprint density at radius 1 is 1.36 bits per heavy atom. The molecular formula is C17H22FN3O. The van der Waals surface area contributed by atoms with E-state index in [1.807, 2.05) is 0 Å². The van der Waals surface area contributed by atoms with E-state index in [9.17, 15) is 9.18 Å². The molecule has 5 heteroatoms. The molecule has 0 radical (unpaired) electrons. The molecule has 3 rings (SSSR count). The lowest BCUT2D eigenvalue weighted by Gasteiger charge is -2.34. The predicted octanol–water partition coefficient (Wildman–Crippen LogP) is 3.71. The van der Waals surface area contributed by atoms with Crippen LogP contribution in [0.1, 0.15) is 55.7 Å². The monoisotopic (exact) mass is 303 g/mol. The van der Waals surface area contributed by atoms with Crippen LogP contribution in [0.3, 0.4) is 0 Å². The molecule has 2 heterocycles. The van der Waals surface area contributed by atoms with Gasteiger partial charge in [0.25, 0.3) is 5.91 Å². The number of H-pyrrole nitrogens is 1. The molecule has 0 bridgehead atoms. The van der Waals surface area contributed by atoms with Gasteiger partial charge in [-0.15, -0.1) is 0 Å². The minimum absolute atomic E-state index is 0.124. The maximum Gasteiger partial charge on any atom is 0.267 e. The summed E-state index contributed by atoms with van der Waals surface area (Å²) in [6, 6.07) is 3.26. The Morgan fingerprint density at radius 3 is 2.73 bits per heavy atom. The van der Waals surface area contributed by atoms with Crippen LogP contribution >= 0.6 is 0 Å². The average Bonchev–Trinajstić information content (AvgIpc) is 2.85. The molecule has 1 amide bonds. The highest BCUT2D eigenvalue weighted by molar-refractivity contribution is 5.98. The van der Waals surface area contributed by atoms with E-state index in [1.165, 1.54) is 6.07 Å². The summed E-state index contributed by atoms with van der Waals surface area (Å²) >= 11 is 0. The van der Waals surface area contributed by atoms with Crippen LogP contribution in [0.2, 0.25) is 0 Å². The SMILES string of the molecule is Cc1nc(F)cc2cc(C(=O)NC3CCC(C)(C)CC3)[nH]c12. The summed E-state index contributed by atoms with van der Waals surface area (Å²) in [5.74, 6) is -0.647. The molecule has 1 fully saturated rings. The molecule has 2 aromatic rings. The fraction of sp³-hybridized carbons (Fsp3) is 0.529.